The van der Waals surface area contributed by atoms with Gasteiger partial charge in [0, 0.05) is 32.0 Å². The van der Waals surface area contributed by atoms with E-state index >= 15 is 0 Å². The molecule has 0 atom stereocenters. The molecule has 5 nitrogen and oxygen atoms in total. The standard InChI is InChI=1S/C16H23N3O2/c1-16(2,8-10-21-3)12-19-15(20)14-7-6-13(11-18-14)5-4-9-17/h6-7,11H,8-10,12,17H2,1-3H3,(H,19,20). The van der Waals surface area contributed by atoms with Gasteiger partial charge in [-0.1, -0.05) is 25.7 Å². The van der Waals surface area contributed by atoms with E-state index in [1.807, 2.05) is 0 Å². The normalized spacial score (nSPS) is 10.7. The fraction of sp³-hybridized carbons (Fsp3) is 0.500. The molecule has 0 unspecified atom stereocenters. The zero-order chi connectivity index (χ0) is 15.7. The predicted molar refractivity (Wildman–Crippen MR) is 82.8 cm³/mol. The van der Waals surface area contributed by atoms with Crippen molar-refractivity contribution in [2.45, 2.75) is 20.3 Å². The van der Waals surface area contributed by atoms with E-state index in [0.717, 1.165) is 12.0 Å². The lowest BCUT2D eigenvalue weighted by molar-refractivity contribution is 0.0916. The number of carbonyl (C=O) groups excluding carboxylic acids is 1. The Hall–Kier alpha value is -1.90. The van der Waals surface area contributed by atoms with Crippen molar-refractivity contribution >= 4 is 5.91 Å². The minimum atomic E-state index is -0.182. The van der Waals surface area contributed by atoms with Crippen LogP contribution in [0.15, 0.2) is 18.3 Å². The number of aromatic nitrogens is 1. The first-order valence-electron chi connectivity index (χ1n) is 6.90. The van der Waals surface area contributed by atoms with Crippen molar-refractivity contribution in [2.75, 3.05) is 26.8 Å². The lowest BCUT2D eigenvalue weighted by atomic mass is 9.89. The molecule has 21 heavy (non-hydrogen) atoms. The van der Waals surface area contributed by atoms with Gasteiger partial charge in [-0.2, -0.15) is 0 Å². The molecule has 0 radical (unpaired) electrons. The number of carbonyl (C=O) groups is 1. The summed E-state index contributed by atoms with van der Waals surface area (Å²) in [6.07, 6.45) is 2.46. The first-order chi connectivity index (χ1) is 9.98. The van der Waals surface area contributed by atoms with Crippen LogP contribution in [-0.2, 0) is 4.74 Å². The van der Waals surface area contributed by atoms with E-state index in [9.17, 15) is 4.79 Å². The van der Waals surface area contributed by atoms with Crippen LogP contribution in [0.5, 0.6) is 0 Å². The second kappa shape index (κ2) is 8.40. The van der Waals surface area contributed by atoms with Crippen molar-refractivity contribution in [3.63, 3.8) is 0 Å². The maximum Gasteiger partial charge on any atom is 0.269 e. The van der Waals surface area contributed by atoms with Gasteiger partial charge in [0.15, 0.2) is 0 Å². The fourth-order valence-electron chi connectivity index (χ4n) is 1.63. The maximum atomic E-state index is 12.0. The summed E-state index contributed by atoms with van der Waals surface area (Å²) in [4.78, 5) is 16.1. The van der Waals surface area contributed by atoms with Gasteiger partial charge in [-0.3, -0.25) is 4.79 Å². The number of methoxy groups -OCH3 is 1. The van der Waals surface area contributed by atoms with Crippen LogP contribution in [0.25, 0.3) is 0 Å². The van der Waals surface area contributed by atoms with Crippen LogP contribution in [-0.4, -0.2) is 37.7 Å². The molecule has 0 aliphatic carbocycles. The predicted octanol–water partition coefficient (Wildman–Crippen LogP) is 1.18. The number of ether oxygens (including phenoxy) is 1. The number of nitrogens with one attached hydrogen (secondary N) is 1. The van der Waals surface area contributed by atoms with Crippen LogP contribution in [0.1, 0.15) is 36.3 Å². The molecule has 0 saturated carbocycles. The van der Waals surface area contributed by atoms with Gasteiger partial charge < -0.3 is 15.8 Å². The van der Waals surface area contributed by atoms with Crippen molar-refractivity contribution in [3.8, 4) is 11.8 Å². The zero-order valence-electron chi connectivity index (χ0n) is 12.9. The molecule has 3 N–H and O–H groups in total. The van der Waals surface area contributed by atoms with Crippen molar-refractivity contribution in [3.05, 3.63) is 29.6 Å². The minimum absolute atomic E-state index is 0.0157. The van der Waals surface area contributed by atoms with Crippen LogP contribution >= 0.6 is 0 Å². The Morgan fingerprint density at radius 2 is 2.24 bits per heavy atom. The molecule has 1 amide bonds. The smallest absolute Gasteiger partial charge is 0.269 e. The summed E-state index contributed by atoms with van der Waals surface area (Å²) in [7, 11) is 1.67. The monoisotopic (exact) mass is 289 g/mol. The van der Waals surface area contributed by atoms with Crippen molar-refractivity contribution in [1.82, 2.24) is 10.3 Å². The highest BCUT2D eigenvalue weighted by Gasteiger charge is 2.19. The lowest BCUT2D eigenvalue weighted by Gasteiger charge is -2.24. The molecule has 1 heterocycles. The van der Waals surface area contributed by atoms with Gasteiger partial charge in [-0.05, 0) is 24.0 Å². The van der Waals surface area contributed by atoms with E-state index in [1.54, 1.807) is 25.4 Å². The Kier molecular flexibility index (Phi) is 6.86. The summed E-state index contributed by atoms with van der Waals surface area (Å²) in [6.45, 7) is 5.73. The third-order valence-electron chi connectivity index (χ3n) is 3.04. The van der Waals surface area contributed by atoms with Gasteiger partial charge in [0.1, 0.15) is 5.69 Å². The van der Waals surface area contributed by atoms with E-state index < -0.39 is 0 Å². The second-order valence-corrected chi connectivity index (χ2v) is 5.53. The zero-order valence-corrected chi connectivity index (χ0v) is 12.9. The van der Waals surface area contributed by atoms with E-state index in [0.29, 0.717) is 25.4 Å². The van der Waals surface area contributed by atoms with E-state index in [4.69, 9.17) is 10.5 Å². The number of hydrogen-bond acceptors (Lipinski definition) is 4. The van der Waals surface area contributed by atoms with E-state index in [1.165, 1.54) is 0 Å². The average Bonchev–Trinajstić information content (AvgIpc) is 2.49. The molecule has 0 aromatic carbocycles. The van der Waals surface area contributed by atoms with Crippen molar-refractivity contribution in [1.29, 1.82) is 0 Å². The Labute approximate surface area is 126 Å². The van der Waals surface area contributed by atoms with Crippen LogP contribution in [0, 0.1) is 17.3 Å². The lowest BCUT2D eigenvalue weighted by Crippen LogP contribution is -2.35. The number of hydrogen-bond donors (Lipinski definition) is 2. The Morgan fingerprint density at radius 3 is 2.81 bits per heavy atom. The van der Waals surface area contributed by atoms with Gasteiger partial charge in [0.2, 0.25) is 0 Å². The van der Waals surface area contributed by atoms with Crippen LogP contribution in [0.2, 0.25) is 0 Å². The van der Waals surface area contributed by atoms with E-state index in [-0.39, 0.29) is 11.3 Å². The molecule has 0 aliphatic rings. The second-order valence-electron chi connectivity index (χ2n) is 5.53. The van der Waals surface area contributed by atoms with Gasteiger partial charge in [0.25, 0.3) is 5.91 Å². The van der Waals surface area contributed by atoms with E-state index in [2.05, 4.69) is 36.0 Å². The highest BCUT2D eigenvalue weighted by atomic mass is 16.5. The topological polar surface area (TPSA) is 77.2 Å². The molecule has 5 heteroatoms. The molecule has 0 aliphatic heterocycles. The molecule has 1 aromatic rings. The molecule has 1 rings (SSSR count). The number of nitrogens with zero attached hydrogens (tertiary/aromatic N) is 1. The molecule has 114 valence electrons. The Balaban J connectivity index is 2.56. The van der Waals surface area contributed by atoms with Gasteiger partial charge in [-0.25, -0.2) is 4.98 Å². The SMILES string of the molecule is COCCC(C)(C)CNC(=O)c1ccc(C#CCN)cn1. The molecule has 0 saturated heterocycles. The quantitative estimate of drug-likeness (QED) is 0.771. The summed E-state index contributed by atoms with van der Waals surface area (Å²) < 4.78 is 5.07. The summed E-state index contributed by atoms with van der Waals surface area (Å²) in [5.74, 6) is 5.43. The molecular formula is C16H23N3O2. The van der Waals surface area contributed by atoms with Crippen LogP contribution in [0.3, 0.4) is 0 Å². The number of nitrogens with two attached hydrogens (primary N) is 1. The third kappa shape index (κ3) is 6.39. The first kappa shape index (κ1) is 17.2. The van der Waals surface area contributed by atoms with Crippen LogP contribution in [0.4, 0.5) is 0 Å². The maximum absolute atomic E-state index is 12.0. The van der Waals surface area contributed by atoms with Gasteiger partial charge in [-0.15, -0.1) is 0 Å². The molecule has 1 aromatic heterocycles. The molecular weight excluding hydrogens is 266 g/mol. The summed E-state index contributed by atoms with van der Waals surface area (Å²) in [5, 5.41) is 2.90. The minimum Gasteiger partial charge on any atom is -0.385 e. The Bertz CT molecular complexity index is 513. The number of amides is 1. The average molecular weight is 289 g/mol. The third-order valence-corrected chi connectivity index (χ3v) is 3.04. The largest absolute Gasteiger partial charge is 0.385 e. The number of rotatable bonds is 6. The Morgan fingerprint density at radius 1 is 1.48 bits per heavy atom. The fourth-order valence-corrected chi connectivity index (χ4v) is 1.63. The van der Waals surface area contributed by atoms with Crippen molar-refractivity contribution < 1.29 is 9.53 Å². The number of pyridine rings is 1. The first-order valence-corrected chi connectivity index (χ1v) is 6.90. The summed E-state index contributed by atoms with van der Waals surface area (Å²) in [5.41, 5.74) is 6.42. The molecule has 0 bridgehead atoms. The van der Waals surface area contributed by atoms with Gasteiger partial charge >= 0.3 is 0 Å². The van der Waals surface area contributed by atoms with Crippen molar-refractivity contribution in [2.24, 2.45) is 11.1 Å². The highest BCUT2D eigenvalue weighted by Crippen LogP contribution is 2.18. The summed E-state index contributed by atoms with van der Waals surface area (Å²) in [6, 6.07) is 3.43. The van der Waals surface area contributed by atoms with Gasteiger partial charge in [0.05, 0.1) is 6.54 Å². The van der Waals surface area contributed by atoms with Crippen LogP contribution < -0.4 is 11.1 Å². The molecule has 0 spiro atoms. The highest BCUT2D eigenvalue weighted by molar-refractivity contribution is 5.92. The summed E-state index contributed by atoms with van der Waals surface area (Å²) >= 11 is 0. The molecule has 0 fully saturated rings.